The van der Waals surface area contributed by atoms with E-state index in [2.05, 4.69) is 5.32 Å². The number of ether oxygens (including phenoxy) is 1. The van der Waals surface area contributed by atoms with Crippen LogP contribution >= 0.6 is 0 Å². The first-order chi connectivity index (χ1) is 18.3. The molecule has 3 aromatic rings. The number of nitrogens with zero attached hydrogens (tertiary/aromatic N) is 2. The number of hydrogen-bond donors (Lipinski definition) is 1. The number of benzene rings is 3. The fraction of sp³-hybridized carbons (Fsp3) is 0.286. The standard InChI is InChI=1S/C28H30FN3O5S/c1-37-21-14-16-22(17-15-21)38(35,36)32(26-13-7-5-11-24(26)29)20-27(33)30-25-12-6-4-10-23(25)28(34)31-18-8-2-3-9-19-31/h4-7,10-17H,2-3,8-9,18-20H2,1H3,(H,30,33). The van der Waals surface area contributed by atoms with Crippen LogP contribution in [0.2, 0.25) is 0 Å². The van der Waals surface area contributed by atoms with Crippen molar-refractivity contribution in [3.05, 3.63) is 84.2 Å². The second-order valence-corrected chi connectivity index (χ2v) is 10.8. The van der Waals surface area contributed by atoms with Crippen molar-refractivity contribution in [3.63, 3.8) is 0 Å². The third kappa shape index (κ3) is 6.13. The van der Waals surface area contributed by atoms with E-state index in [-0.39, 0.29) is 22.2 Å². The molecule has 1 saturated heterocycles. The van der Waals surface area contributed by atoms with E-state index in [0.29, 0.717) is 24.4 Å². The summed E-state index contributed by atoms with van der Waals surface area (Å²) in [5.74, 6) is -1.26. The molecule has 1 aliphatic rings. The second kappa shape index (κ2) is 12.1. The predicted molar refractivity (Wildman–Crippen MR) is 143 cm³/mol. The van der Waals surface area contributed by atoms with Crippen LogP contribution in [0.1, 0.15) is 36.0 Å². The minimum atomic E-state index is -4.33. The van der Waals surface area contributed by atoms with Crippen molar-refractivity contribution in [3.8, 4) is 5.75 Å². The van der Waals surface area contributed by atoms with Crippen LogP contribution in [-0.2, 0) is 14.8 Å². The topological polar surface area (TPSA) is 96.0 Å². The summed E-state index contributed by atoms with van der Waals surface area (Å²) in [6, 6.07) is 17.5. The number of amides is 2. The molecule has 0 bridgehead atoms. The number of anilines is 2. The van der Waals surface area contributed by atoms with Gasteiger partial charge in [-0.3, -0.25) is 13.9 Å². The van der Waals surface area contributed by atoms with Crippen LogP contribution < -0.4 is 14.4 Å². The van der Waals surface area contributed by atoms with Gasteiger partial charge in [0.05, 0.1) is 28.9 Å². The number of carbonyl (C=O) groups excluding carboxylic acids is 2. The molecule has 3 aromatic carbocycles. The van der Waals surface area contributed by atoms with Gasteiger partial charge in [-0.05, 0) is 61.4 Å². The number of nitrogens with one attached hydrogen (secondary N) is 1. The van der Waals surface area contributed by atoms with E-state index in [4.69, 9.17) is 4.74 Å². The summed E-state index contributed by atoms with van der Waals surface area (Å²) in [6.07, 6.45) is 3.97. The maximum absolute atomic E-state index is 14.8. The highest BCUT2D eigenvalue weighted by molar-refractivity contribution is 7.92. The first-order valence-corrected chi connectivity index (χ1v) is 13.8. The SMILES string of the molecule is COc1ccc(S(=O)(=O)N(CC(=O)Nc2ccccc2C(=O)N2CCCCCC2)c2ccccc2F)cc1. The summed E-state index contributed by atoms with van der Waals surface area (Å²) in [7, 11) is -2.88. The van der Waals surface area contributed by atoms with Gasteiger partial charge in [-0.15, -0.1) is 0 Å². The van der Waals surface area contributed by atoms with Gasteiger partial charge in [-0.2, -0.15) is 0 Å². The molecule has 1 N–H and O–H groups in total. The van der Waals surface area contributed by atoms with Crippen LogP contribution in [0.15, 0.2) is 77.7 Å². The van der Waals surface area contributed by atoms with Gasteiger partial charge in [-0.1, -0.05) is 37.1 Å². The smallest absolute Gasteiger partial charge is 0.264 e. The van der Waals surface area contributed by atoms with Crippen LogP contribution in [0.4, 0.5) is 15.8 Å². The monoisotopic (exact) mass is 539 g/mol. The lowest BCUT2D eigenvalue weighted by atomic mass is 10.1. The van der Waals surface area contributed by atoms with Gasteiger partial charge in [0.15, 0.2) is 0 Å². The molecule has 1 fully saturated rings. The summed E-state index contributed by atoms with van der Waals surface area (Å²) in [5, 5.41) is 2.67. The van der Waals surface area contributed by atoms with Crippen LogP contribution in [0.3, 0.4) is 0 Å². The summed E-state index contributed by atoms with van der Waals surface area (Å²) < 4.78 is 47.7. The zero-order chi connectivity index (χ0) is 27.1. The minimum absolute atomic E-state index is 0.133. The molecule has 0 aliphatic carbocycles. The number of hydrogen-bond acceptors (Lipinski definition) is 5. The Morgan fingerprint density at radius 1 is 0.921 bits per heavy atom. The van der Waals surface area contributed by atoms with Gasteiger partial charge in [0, 0.05) is 13.1 Å². The number of rotatable bonds is 8. The maximum atomic E-state index is 14.8. The molecule has 0 radical (unpaired) electrons. The van der Waals surface area contributed by atoms with Crippen molar-refractivity contribution < 1.29 is 27.1 Å². The Morgan fingerprint density at radius 3 is 2.21 bits per heavy atom. The number of para-hydroxylation sites is 2. The molecule has 0 aromatic heterocycles. The molecule has 200 valence electrons. The van der Waals surface area contributed by atoms with E-state index in [1.165, 1.54) is 49.6 Å². The van der Waals surface area contributed by atoms with Gasteiger partial charge >= 0.3 is 0 Å². The third-order valence-electron chi connectivity index (χ3n) is 6.38. The van der Waals surface area contributed by atoms with E-state index in [9.17, 15) is 22.4 Å². The average molecular weight is 540 g/mol. The van der Waals surface area contributed by atoms with Crippen molar-refractivity contribution in [2.24, 2.45) is 0 Å². The molecule has 0 spiro atoms. The van der Waals surface area contributed by atoms with Crippen molar-refractivity contribution >= 4 is 33.2 Å². The molecule has 38 heavy (non-hydrogen) atoms. The molecule has 8 nitrogen and oxygen atoms in total. The second-order valence-electron chi connectivity index (χ2n) is 8.94. The Morgan fingerprint density at radius 2 is 1.55 bits per heavy atom. The zero-order valence-electron chi connectivity index (χ0n) is 21.1. The molecule has 4 rings (SSSR count). The fourth-order valence-electron chi connectivity index (χ4n) is 4.37. The summed E-state index contributed by atoms with van der Waals surface area (Å²) in [4.78, 5) is 28.1. The summed E-state index contributed by atoms with van der Waals surface area (Å²) >= 11 is 0. The fourth-order valence-corrected chi connectivity index (χ4v) is 5.80. The van der Waals surface area contributed by atoms with Gasteiger partial charge in [0.2, 0.25) is 5.91 Å². The number of sulfonamides is 1. The predicted octanol–water partition coefficient (Wildman–Crippen LogP) is 4.68. The maximum Gasteiger partial charge on any atom is 0.264 e. The molecular weight excluding hydrogens is 509 g/mol. The Bertz CT molecular complexity index is 1390. The number of methoxy groups -OCH3 is 1. The van der Waals surface area contributed by atoms with Crippen molar-refractivity contribution in [1.82, 2.24) is 4.90 Å². The molecule has 1 aliphatic heterocycles. The highest BCUT2D eigenvalue weighted by Crippen LogP contribution is 2.28. The van der Waals surface area contributed by atoms with Crippen LogP contribution in [0, 0.1) is 5.82 Å². The molecular formula is C28H30FN3O5S. The van der Waals surface area contributed by atoms with Crippen LogP contribution in [0.25, 0.3) is 0 Å². The van der Waals surface area contributed by atoms with E-state index >= 15 is 0 Å². The largest absolute Gasteiger partial charge is 0.497 e. The van der Waals surface area contributed by atoms with E-state index in [0.717, 1.165) is 36.1 Å². The number of likely N-dealkylation sites (tertiary alicyclic amines) is 1. The third-order valence-corrected chi connectivity index (χ3v) is 8.15. The van der Waals surface area contributed by atoms with Gasteiger partial charge in [0.25, 0.3) is 15.9 Å². The van der Waals surface area contributed by atoms with Crippen LogP contribution in [-0.4, -0.2) is 51.9 Å². The molecule has 1 heterocycles. The van der Waals surface area contributed by atoms with E-state index < -0.39 is 28.3 Å². The van der Waals surface area contributed by atoms with Gasteiger partial charge in [-0.25, -0.2) is 12.8 Å². The number of carbonyl (C=O) groups is 2. The molecule has 0 saturated carbocycles. The van der Waals surface area contributed by atoms with Crippen molar-refractivity contribution in [2.45, 2.75) is 30.6 Å². The molecule has 0 unspecified atom stereocenters. The lowest BCUT2D eigenvalue weighted by Crippen LogP contribution is -2.39. The van der Waals surface area contributed by atoms with Crippen molar-refractivity contribution in [2.75, 3.05) is 36.4 Å². The van der Waals surface area contributed by atoms with Crippen molar-refractivity contribution in [1.29, 1.82) is 0 Å². The Labute approximate surface area is 222 Å². The van der Waals surface area contributed by atoms with E-state index in [1.807, 2.05) is 0 Å². The minimum Gasteiger partial charge on any atom is -0.497 e. The van der Waals surface area contributed by atoms with Crippen LogP contribution in [0.5, 0.6) is 5.75 Å². The molecule has 10 heteroatoms. The summed E-state index contributed by atoms with van der Waals surface area (Å²) in [6.45, 7) is 0.575. The normalized spacial score (nSPS) is 13.9. The first-order valence-electron chi connectivity index (χ1n) is 12.4. The zero-order valence-corrected chi connectivity index (χ0v) is 21.9. The van der Waals surface area contributed by atoms with Gasteiger partial charge < -0.3 is 15.0 Å². The highest BCUT2D eigenvalue weighted by Gasteiger charge is 2.30. The lowest BCUT2D eigenvalue weighted by molar-refractivity contribution is -0.114. The lowest BCUT2D eigenvalue weighted by Gasteiger charge is -2.25. The van der Waals surface area contributed by atoms with E-state index in [1.54, 1.807) is 29.2 Å². The average Bonchev–Trinajstić information content (AvgIpc) is 3.22. The Balaban J connectivity index is 1.62. The quantitative estimate of drug-likeness (QED) is 0.448. The highest BCUT2D eigenvalue weighted by atomic mass is 32.2. The Kier molecular flexibility index (Phi) is 8.62. The first kappa shape index (κ1) is 27.1. The number of halogens is 1. The molecule has 0 atom stereocenters. The Hall–Kier alpha value is -3.92. The molecule has 2 amide bonds. The summed E-state index contributed by atoms with van der Waals surface area (Å²) in [5.41, 5.74) is 0.313. The van der Waals surface area contributed by atoms with Gasteiger partial charge in [0.1, 0.15) is 18.1 Å².